The molecule has 0 radical (unpaired) electrons. The molecular formula is C18H24ClN3O2. The molecule has 0 fully saturated rings. The molecule has 5 nitrogen and oxygen atoms in total. The Morgan fingerprint density at radius 1 is 1.38 bits per heavy atom. The standard InChI is InChI=1S/C18H24ClN3O2/c19-17-3-1-2-14-11-22(8-6-16(14)17)9-7-20-18(24)21-15-5-4-13(10-15)12-23/h1-5,13,15,23H,6-12H2,(H2,20,21,24)/t13-,15+/m0/s1. The van der Waals surface area contributed by atoms with E-state index >= 15 is 0 Å². The monoisotopic (exact) mass is 349 g/mol. The Morgan fingerprint density at radius 3 is 3.04 bits per heavy atom. The maximum atomic E-state index is 11.9. The van der Waals surface area contributed by atoms with Crippen molar-refractivity contribution < 1.29 is 9.90 Å². The largest absolute Gasteiger partial charge is 0.396 e. The van der Waals surface area contributed by atoms with Crippen LogP contribution in [0.25, 0.3) is 0 Å². The second-order valence-electron chi connectivity index (χ2n) is 6.47. The third kappa shape index (κ3) is 4.29. The molecule has 0 unspecified atom stereocenters. The third-order valence-corrected chi connectivity index (χ3v) is 5.08. The van der Waals surface area contributed by atoms with Crippen molar-refractivity contribution in [3.8, 4) is 0 Å². The van der Waals surface area contributed by atoms with Crippen molar-refractivity contribution in [2.75, 3.05) is 26.2 Å². The lowest BCUT2D eigenvalue weighted by Crippen LogP contribution is -2.44. The summed E-state index contributed by atoms with van der Waals surface area (Å²) in [6.45, 7) is 3.41. The average Bonchev–Trinajstić information content (AvgIpc) is 3.02. The number of halogens is 1. The van der Waals surface area contributed by atoms with Gasteiger partial charge in [0.05, 0.1) is 0 Å². The number of amides is 2. The smallest absolute Gasteiger partial charge is 0.315 e. The van der Waals surface area contributed by atoms with Gasteiger partial charge in [0.15, 0.2) is 0 Å². The van der Waals surface area contributed by atoms with Gasteiger partial charge in [0, 0.05) is 49.8 Å². The van der Waals surface area contributed by atoms with Crippen molar-refractivity contribution in [2.24, 2.45) is 5.92 Å². The Kier molecular flexibility index (Phi) is 5.76. The SMILES string of the molecule is O=C(NCCN1CCc2c(Cl)cccc2C1)N[C@@H]1C=C[C@H](CO)C1. The molecule has 3 rings (SSSR count). The van der Waals surface area contributed by atoms with Gasteiger partial charge < -0.3 is 15.7 Å². The minimum Gasteiger partial charge on any atom is -0.396 e. The van der Waals surface area contributed by atoms with Gasteiger partial charge in [-0.3, -0.25) is 4.90 Å². The third-order valence-electron chi connectivity index (χ3n) is 4.72. The van der Waals surface area contributed by atoms with Crippen LogP contribution in [-0.4, -0.2) is 48.3 Å². The molecule has 0 spiro atoms. The number of carbonyl (C=O) groups excluding carboxylic acids is 1. The van der Waals surface area contributed by atoms with Crippen LogP contribution in [0.1, 0.15) is 17.5 Å². The van der Waals surface area contributed by atoms with Gasteiger partial charge in [0.1, 0.15) is 0 Å². The summed E-state index contributed by atoms with van der Waals surface area (Å²) in [6.07, 6.45) is 5.64. The van der Waals surface area contributed by atoms with E-state index in [-0.39, 0.29) is 24.6 Å². The molecule has 0 aromatic heterocycles. The second-order valence-corrected chi connectivity index (χ2v) is 6.88. The lowest BCUT2D eigenvalue weighted by molar-refractivity contribution is 0.225. The van der Waals surface area contributed by atoms with Gasteiger partial charge in [0.25, 0.3) is 0 Å². The molecule has 24 heavy (non-hydrogen) atoms. The summed E-state index contributed by atoms with van der Waals surface area (Å²) in [5, 5.41) is 15.8. The zero-order valence-corrected chi connectivity index (χ0v) is 14.4. The molecule has 2 amide bonds. The van der Waals surface area contributed by atoms with Crippen LogP contribution in [0.3, 0.4) is 0 Å². The molecule has 0 saturated carbocycles. The first kappa shape index (κ1) is 17.3. The molecule has 130 valence electrons. The summed E-state index contributed by atoms with van der Waals surface area (Å²) in [5.41, 5.74) is 2.54. The van der Waals surface area contributed by atoms with Gasteiger partial charge in [-0.2, -0.15) is 0 Å². The molecule has 0 saturated heterocycles. The number of carbonyl (C=O) groups is 1. The number of aliphatic hydroxyl groups is 1. The number of nitrogens with one attached hydrogen (secondary N) is 2. The fourth-order valence-electron chi connectivity index (χ4n) is 3.38. The molecule has 1 aromatic rings. The Morgan fingerprint density at radius 2 is 2.25 bits per heavy atom. The van der Waals surface area contributed by atoms with E-state index in [1.165, 1.54) is 11.1 Å². The number of hydrogen-bond donors (Lipinski definition) is 3. The number of aliphatic hydroxyl groups excluding tert-OH is 1. The first-order chi connectivity index (χ1) is 11.7. The molecule has 2 atom stereocenters. The lowest BCUT2D eigenvalue weighted by Gasteiger charge is -2.29. The van der Waals surface area contributed by atoms with Crippen LogP contribution in [0.15, 0.2) is 30.4 Å². The molecule has 1 aliphatic carbocycles. The van der Waals surface area contributed by atoms with Crippen molar-refractivity contribution >= 4 is 17.6 Å². The minimum atomic E-state index is -0.149. The highest BCUT2D eigenvalue weighted by Gasteiger charge is 2.20. The van der Waals surface area contributed by atoms with Crippen LogP contribution in [-0.2, 0) is 13.0 Å². The summed E-state index contributed by atoms with van der Waals surface area (Å²) in [6, 6.07) is 5.93. The van der Waals surface area contributed by atoms with E-state index in [1.54, 1.807) is 0 Å². The molecule has 1 aromatic carbocycles. The van der Waals surface area contributed by atoms with Crippen molar-refractivity contribution in [1.82, 2.24) is 15.5 Å². The maximum absolute atomic E-state index is 11.9. The Bertz CT molecular complexity index is 620. The van der Waals surface area contributed by atoms with E-state index in [0.29, 0.717) is 6.54 Å². The van der Waals surface area contributed by atoms with E-state index in [0.717, 1.165) is 37.5 Å². The summed E-state index contributed by atoms with van der Waals surface area (Å²) in [5.74, 6) is 0.163. The molecular weight excluding hydrogens is 326 g/mol. The normalized spacial score (nSPS) is 23.1. The van der Waals surface area contributed by atoms with E-state index in [1.807, 2.05) is 24.3 Å². The van der Waals surface area contributed by atoms with Crippen molar-refractivity contribution in [3.63, 3.8) is 0 Å². The first-order valence-electron chi connectivity index (χ1n) is 8.48. The van der Waals surface area contributed by atoms with Crippen molar-refractivity contribution in [1.29, 1.82) is 0 Å². The minimum absolute atomic E-state index is 0.0196. The summed E-state index contributed by atoms with van der Waals surface area (Å²) in [7, 11) is 0. The van der Waals surface area contributed by atoms with Gasteiger partial charge in [-0.05, 0) is 30.0 Å². The van der Waals surface area contributed by atoms with Gasteiger partial charge in [0.2, 0.25) is 0 Å². The molecule has 6 heteroatoms. The molecule has 2 aliphatic rings. The molecule has 1 aliphatic heterocycles. The number of hydrogen-bond acceptors (Lipinski definition) is 3. The number of benzene rings is 1. The fraction of sp³-hybridized carbons (Fsp3) is 0.500. The highest BCUT2D eigenvalue weighted by Crippen LogP contribution is 2.25. The Balaban J connectivity index is 1.38. The Hall–Kier alpha value is -1.56. The Labute approximate surface area is 147 Å². The van der Waals surface area contributed by atoms with Crippen LogP contribution >= 0.6 is 11.6 Å². The van der Waals surface area contributed by atoms with Crippen molar-refractivity contribution in [2.45, 2.75) is 25.4 Å². The summed E-state index contributed by atoms with van der Waals surface area (Å²) >= 11 is 6.23. The highest BCUT2D eigenvalue weighted by atomic mass is 35.5. The molecule has 1 heterocycles. The molecule has 0 bridgehead atoms. The van der Waals surface area contributed by atoms with Gasteiger partial charge in [-0.15, -0.1) is 0 Å². The van der Waals surface area contributed by atoms with Crippen LogP contribution in [0.5, 0.6) is 0 Å². The van der Waals surface area contributed by atoms with Gasteiger partial charge >= 0.3 is 6.03 Å². The van der Waals surface area contributed by atoms with Crippen molar-refractivity contribution in [3.05, 3.63) is 46.5 Å². The number of urea groups is 1. The van der Waals surface area contributed by atoms with E-state index < -0.39 is 0 Å². The number of rotatable bonds is 5. The quantitative estimate of drug-likeness (QED) is 0.712. The average molecular weight is 350 g/mol. The van der Waals surface area contributed by atoms with Crippen LogP contribution in [0.4, 0.5) is 4.79 Å². The predicted molar refractivity (Wildman–Crippen MR) is 95.1 cm³/mol. The zero-order valence-electron chi connectivity index (χ0n) is 13.7. The van der Waals surface area contributed by atoms with E-state index in [9.17, 15) is 4.79 Å². The van der Waals surface area contributed by atoms with E-state index in [4.69, 9.17) is 16.7 Å². The zero-order chi connectivity index (χ0) is 16.9. The van der Waals surface area contributed by atoms with Crippen LogP contribution in [0, 0.1) is 5.92 Å². The van der Waals surface area contributed by atoms with Crippen LogP contribution < -0.4 is 10.6 Å². The van der Waals surface area contributed by atoms with Gasteiger partial charge in [-0.25, -0.2) is 4.79 Å². The lowest BCUT2D eigenvalue weighted by atomic mass is 10.00. The predicted octanol–water partition coefficient (Wildman–Crippen LogP) is 1.93. The molecule has 3 N–H and O–H groups in total. The van der Waals surface area contributed by atoms with Gasteiger partial charge in [-0.1, -0.05) is 35.9 Å². The summed E-state index contributed by atoms with van der Waals surface area (Å²) in [4.78, 5) is 14.3. The summed E-state index contributed by atoms with van der Waals surface area (Å²) < 4.78 is 0. The fourth-order valence-corrected chi connectivity index (χ4v) is 3.66. The maximum Gasteiger partial charge on any atom is 0.315 e. The van der Waals surface area contributed by atoms with E-state index in [2.05, 4.69) is 21.6 Å². The number of fused-ring (bicyclic) bond motifs is 1. The topological polar surface area (TPSA) is 64.6 Å². The number of nitrogens with zero attached hydrogens (tertiary/aromatic N) is 1. The first-order valence-corrected chi connectivity index (χ1v) is 8.85. The second kappa shape index (κ2) is 8.01. The highest BCUT2D eigenvalue weighted by molar-refractivity contribution is 6.31. The van der Waals surface area contributed by atoms with Crippen LogP contribution in [0.2, 0.25) is 5.02 Å².